The maximum absolute atomic E-state index is 11.7. The molecule has 0 saturated carbocycles. The molecule has 17 heavy (non-hydrogen) atoms. The second kappa shape index (κ2) is 5.58. The van der Waals surface area contributed by atoms with Crippen LogP contribution in [0.1, 0.15) is 16.6 Å². The van der Waals surface area contributed by atoms with Crippen molar-refractivity contribution in [2.45, 2.75) is 17.9 Å². The molecule has 2 N–H and O–H groups in total. The van der Waals surface area contributed by atoms with Gasteiger partial charge in [0.25, 0.3) is 0 Å². The quantitative estimate of drug-likeness (QED) is 0.802. The van der Waals surface area contributed by atoms with E-state index < -0.39 is 16.0 Å². The zero-order chi connectivity index (χ0) is 13.1. The average Bonchev–Trinajstić information content (AvgIpc) is 2.76. The number of nitrogens with one attached hydrogen (secondary N) is 1. The summed E-state index contributed by atoms with van der Waals surface area (Å²) in [6.45, 7) is 1.86. The van der Waals surface area contributed by atoms with Crippen molar-refractivity contribution in [1.82, 2.24) is 4.72 Å². The van der Waals surface area contributed by atoms with Gasteiger partial charge >= 0.3 is 5.97 Å². The van der Waals surface area contributed by atoms with Crippen LogP contribution in [0.15, 0.2) is 16.3 Å². The Kier molecular flexibility index (Phi) is 4.63. The van der Waals surface area contributed by atoms with E-state index in [4.69, 9.17) is 9.84 Å². The zero-order valence-electron chi connectivity index (χ0n) is 9.34. The van der Waals surface area contributed by atoms with Gasteiger partial charge in [-0.2, -0.15) is 0 Å². The largest absolute Gasteiger partial charge is 0.477 e. The molecule has 0 aliphatic carbocycles. The first kappa shape index (κ1) is 14.1. The number of carboxylic acid groups (broad SMARTS) is 1. The lowest BCUT2D eigenvalue weighted by molar-refractivity contribution is 0.0702. The molecule has 6 nitrogen and oxygen atoms in total. The number of carbonyl (C=O) groups is 1. The van der Waals surface area contributed by atoms with Gasteiger partial charge in [-0.1, -0.05) is 0 Å². The van der Waals surface area contributed by atoms with E-state index in [0.29, 0.717) is 0 Å². The third-order valence-corrected chi connectivity index (χ3v) is 4.53. The lowest BCUT2D eigenvalue weighted by Crippen LogP contribution is -2.31. The van der Waals surface area contributed by atoms with Crippen molar-refractivity contribution in [2.75, 3.05) is 13.7 Å². The summed E-state index contributed by atoms with van der Waals surface area (Å²) in [6, 6.07) is 1.13. The summed E-state index contributed by atoms with van der Waals surface area (Å²) in [6.07, 6.45) is -0.248. The van der Waals surface area contributed by atoms with E-state index in [1.54, 1.807) is 6.92 Å². The third-order valence-electron chi connectivity index (χ3n) is 2.06. The molecule has 96 valence electrons. The zero-order valence-corrected chi connectivity index (χ0v) is 11.0. The number of carboxylic acids is 1. The minimum atomic E-state index is -3.66. The van der Waals surface area contributed by atoms with Crippen LogP contribution in [0.3, 0.4) is 0 Å². The van der Waals surface area contributed by atoms with Crippen molar-refractivity contribution in [3.05, 3.63) is 16.3 Å². The molecule has 0 aliphatic heterocycles. The van der Waals surface area contributed by atoms with Gasteiger partial charge in [-0.25, -0.2) is 17.9 Å². The molecule has 0 saturated heterocycles. The molecule has 0 aromatic carbocycles. The van der Waals surface area contributed by atoms with Crippen LogP contribution in [0, 0.1) is 0 Å². The smallest absolute Gasteiger partial charge is 0.345 e. The fourth-order valence-electron chi connectivity index (χ4n) is 0.966. The van der Waals surface area contributed by atoms with Gasteiger partial charge in [-0.05, 0) is 13.0 Å². The van der Waals surface area contributed by atoms with E-state index >= 15 is 0 Å². The van der Waals surface area contributed by atoms with Crippen LogP contribution < -0.4 is 4.72 Å². The maximum atomic E-state index is 11.7. The van der Waals surface area contributed by atoms with Crippen LogP contribution in [0.2, 0.25) is 0 Å². The van der Waals surface area contributed by atoms with Crippen molar-refractivity contribution in [2.24, 2.45) is 0 Å². The van der Waals surface area contributed by atoms with Crippen molar-refractivity contribution in [1.29, 1.82) is 0 Å². The number of methoxy groups -OCH3 is 1. The molecule has 0 radical (unpaired) electrons. The van der Waals surface area contributed by atoms with E-state index in [-0.39, 0.29) is 22.4 Å². The number of hydrogen-bond donors (Lipinski definition) is 2. The van der Waals surface area contributed by atoms with Crippen LogP contribution in [0.4, 0.5) is 0 Å². The number of thiophene rings is 1. The van der Waals surface area contributed by atoms with E-state index in [0.717, 1.165) is 17.4 Å². The number of aromatic carboxylic acids is 1. The van der Waals surface area contributed by atoms with Gasteiger partial charge in [0.15, 0.2) is 0 Å². The first-order chi connectivity index (χ1) is 7.86. The fourth-order valence-corrected chi connectivity index (χ4v) is 3.19. The highest BCUT2D eigenvalue weighted by Gasteiger charge is 2.18. The van der Waals surface area contributed by atoms with Gasteiger partial charge in [-0.15, -0.1) is 11.3 Å². The lowest BCUT2D eigenvalue weighted by atomic mass is 10.4. The Morgan fingerprint density at radius 2 is 2.29 bits per heavy atom. The molecule has 1 aromatic heterocycles. The second-order valence-electron chi connectivity index (χ2n) is 3.35. The van der Waals surface area contributed by atoms with Crippen molar-refractivity contribution >= 4 is 27.3 Å². The average molecular weight is 279 g/mol. The van der Waals surface area contributed by atoms with Gasteiger partial charge in [0.05, 0.1) is 11.0 Å². The Morgan fingerprint density at radius 1 is 1.65 bits per heavy atom. The van der Waals surface area contributed by atoms with Gasteiger partial charge in [0.2, 0.25) is 10.0 Å². The summed E-state index contributed by atoms with van der Waals surface area (Å²) in [5, 5.41) is 9.99. The molecule has 8 heteroatoms. The molecular weight excluding hydrogens is 266 g/mol. The second-order valence-corrected chi connectivity index (χ2v) is 6.03. The van der Waals surface area contributed by atoms with Crippen LogP contribution in [-0.4, -0.2) is 39.3 Å². The summed E-state index contributed by atoms with van der Waals surface area (Å²) >= 11 is 0.875. The molecular formula is C9H13NO5S2. The normalized spacial score (nSPS) is 13.5. The first-order valence-corrected chi connectivity index (χ1v) is 7.07. The monoisotopic (exact) mass is 279 g/mol. The van der Waals surface area contributed by atoms with Gasteiger partial charge in [0.1, 0.15) is 4.88 Å². The number of hydrogen-bond acceptors (Lipinski definition) is 5. The van der Waals surface area contributed by atoms with Crippen LogP contribution in [0.5, 0.6) is 0 Å². The molecule has 1 atom stereocenters. The van der Waals surface area contributed by atoms with Gasteiger partial charge in [-0.3, -0.25) is 0 Å². The summed E-state index contributed by atoms with van der Waals surface area (Å²) in [7, 11) is -2.18. The Bertz CT molecular complexity index is 493. The Hall–Kier alpha value is -0.960. The highest BCUT2D eigenvalue weighted by atomic mass is 32.2. The molecule has 1 unspecified atom stereocenters. The minimum Gasteiger partial charge on any atom is -0.477 e. The van der Waals surface area contributed by atoms with Gasteiger partial charge < -0.3 is 9.84 Å². The molecule has 0 fully saturated rings. The summed E-state index contributed by atoms with van der Waals surface area (Å²) in [4.78, 5) is 10.6. The molecule has 0 aliphatic rings. The van der Waals surface area contributed by atoms with E-state index in [9.17, 15) is 13.2 Å². The molecule has 0 bridgehead atoms. The van der Waals surface area contributed by atoms with Gasteiger partial charge in [0, 0.05) is 19.0 Å². The Labute approximate surface area is 103 Å². The van der Waals surface area contributed by atoms with E-state index in [2.05, 4.69) is 4.72 Å². The predicted octanol–water partition coefficient (Wildman–Crippen LogP) is 0.760. The molecule has 0 spiro atoms. The summed E-state index contributed by atoms with van der Waals surface area (Å²) in [5.41, 5.74) is 0. The SMILES string of the molecule is COC(C)CNS(=O)(=O)c1csc(C(=O)O)c1. The van der Waals surface area contributed by atoms with E-state index in [1.165, 1.54) is 12.5 Å². The molecule has 1 rings (SSSR count). The number of ether oxygens (including phenoxy) is 1. The van der Waals surface area contributed by atoms with Crippen molar-refractivity contribution in [3.8, 4) is 0 Å². The summed E-state index contributed by atoms with van der Waals surface area (Å²) < 4.78 is 30.7. The van der Waals surface area contributed by atoms with E-state index in [1.807, 2.05) is 0 Å². The topological polar surface area (TPSA) is 92.7 Å². The fraction of sp³-hybridized carbons (Fsp3) is 0.444. The number of sulfonamides is 1. The third kappa shape index (κ3) is 3.77. The molecule has 1 aromatic rings. The highest BCUT2D eigenvalue weighted by Crippen LogP contribution is 2.18. The van der Waals surface area contributed by atoms with Crippen molar-refractivity contribution < 1.29 is 23.1 Å². The highest BCUT2D eigenvalue weighted by molar-refractivity contribution is 7.89. The minimum absolute atomic E-state index is 0.00911. The Balaban J connectivity index is 2.79. The standard InChI is InChI=1S/C9H13NO5S2/c1-6(15-2)4-10-17(13,14)7-3-8(9(11)12)16-5-7/h3,5-6,10H,4H2,1-2H3,(H,11,12). The van der Waals surface area contributed by atoms with Crippen LogP contribution in [0.25, 0.3) is 0 Å². The predicted molar refractivity (Wildman–Crippen MR) is 62.9 cm³/mol. The van der Waals surface area contributed by atoms with Crippen LogP contribution >= 0.6 is 11.3 Å². The molecule has 1 heterocycles. The Morgan fingerprint density at radius 3 is 2.76 bits per heavy atom. The molecule has 0 amide bonds. The maximum Gasteiger partial charge on any atom is 0.345 e. The number of rotatable bonds is 6. The summed E-state index contributed by atoms with van der Waals surface area (Å²) in [5.74, 6) is -1.14. The van der Waals surface area contributed by atoms with Crippen molar-refractivity contribution in [3.63, 3.8) is 0 Å². The lowest BCUT2D eigenvalue weighted by Gasteiger charge is -2.10. The van der Waals surface area contributed by atoms with Crippen LogP contribution in [-0.2, 0) is 14.8 Å². The first-order valence-electron chi connectivity index (χ1n) is 4.71.